The van der Waals surface area contributed by atoms with Gasteiger partial charge in [0.05, 0.1) is 5.16 Å². The summed E-state index contributed by atoms with van der Waals surface area (Å²) in [6.07, 6.45) is 9.30. The molecular weight excluding hydrogens is 287 g/mol. The SMILES string of the molecule is CC(C)(C)P(=O)(C(C)(C)C)C1(c2ccccc2)C=CC=CC1. The summed E-state index contributed by atoms with van der Waals surface area (Å²) >= 11 is 0. The van der Waals surface area contributed by atoms with E-state index in [9.17, 15) is 4.57 Å². The van der Waals surface area contributed by atoms with E-state index < -0.39 is 12.3 Å². The van der Waals surface area contributed by atoms with Gasteiger partial charge in [0.2, 0.25) is 0 Å². The first-order chi connectivity index (χ1) is 10.1. The highest BCUT2D eigenvalue weighted by Gasteiger charge is 2.59. The lowest BCUT2D eigenvalue weighted by molar-refractivity contribution is 0.483. The van der Waals surface area contributed by atoms with Crippen molar-refractivity contribution in [1.29, 1.82) is 0 Å². The molecule has 0 fully saturated rings. The Labute approximate surface area is 135 Å². The summed E-state index contributed by atoms with van der Waals surface area (Å²) in [4.78, 5) is 0. The van der Waals surface area contributed by atoms with E-state index >= 15 is 0 Å². The lowest BCUT2D eigenvalue weighted by Crippen LogP contribution is -2.41. The number of allylic oxidation sites excluding steroid dienone is 4. The Bertz CT molecular complexity index is 608. The molecule has 0 N–H and O–H groups in total. The van der Waals surface area contributed by atoms with E-state index in [2.05, 4.69) is 90.1 Å². The fraction of sp³-hybridized carbons (Fsp3) is 0.500. The van der Waals surface area contributed by atoms with E-state index in [4.69, 9.17) is 0 Å². The molecule has 22 heavy (non-hydrogen) atoms. The van der Waals surface area contributed by atoms with Crippen LogP contribution < -0.4 is 0 Å². The van der Waals surface area contributed by atoms with Crippen molar-refractivity contribution in [3.63, 3.8) is 0 Å². The van der Waals surface area contributed by atoms with Crippen molar-refractivity contribution in [3.8, 4) is 0 Å². The number of hydrogen-bond acceptors (Lipinski definition) is 1. The molecule has 0 saturated carbocycles. The third-order valence-corrected chi connectivity index (χ3v) is 10.3. The predicted octanol–water partition coefficient (Wildman–Crippen LogP) is 6.36. The highest BCUT2D eigenvalue weighted by Crippen LogP contribution is 2.79. The van der Waals surface area contributed by atoms with Gasteiger partial charge in [-0.3, -0.25) is 0 Å². The maximum Gasteiger partial charge on any atom is 0.112 e. The Morgan fingerprint density at radius 3 is 1.86 bits per heavy atom. The highest BCUT2D eigenvalue weighted by atomic mass is 31.2. The lowest BCUT2D eigenvalue weighted by atomic mass is 9.91. The minimum absolute atomic E-state index is 0.267. The molecule has 0 amide bonds. The maximum absolute atomic E-state index is 14.6. The predicted molar refractivity (Wildman–Crippen MR) is 98.1 cm³/mol. The number of rotatable bonds is 2. The fourth-order valence-electron chi connectivity index (χ4n) is 4.17. The van der Waals surface area contributed by atoms with Crippen LogP contribution in [0.25, 0.3) is 0 Å². The van der Waals surface area contributed by atoms with Crippen molar-refractivity contribution >= 4 is 7.14 Å². The van der Waals surface area contributed by atoms with Gasteiger partial charge in [-0.05, 0) is 12.0 Å². The summed E-state index contributed by atoms with van der Waals surface area (Å²) in [5.41, 5.74) is 1.17. The zero-order valence-corrected chi connectivity index (χ0v) is 15.7. The van der Waals surface area contributed by atoms with Gasteiger partial charge < -0.3 is 4.57 Å². The highest BCUT2D eigenvalue weighted by molar-refractivity contribution is 7.68. The molecule has 0 radical (unpaired) electrons. The molecule has 0 spiro atoms. The van der Waals surface area contributed by atoms with Gasteiger partial charge in [-0.1, -0.05) is 96.2 Å². The molecule has 120 valence electrons. The number of hydrogen-bond donors (Lipinski definition) is 0. The van der Waals surface area contributed by atoms with Crippen LogP contribution in [-0.4, -0.2) is 10.3 Å². The average Bonchev–Trinajstić information content (AvgIpc) is 2.45. The van der Waals surface area contributed by atoms with E-state index in [0.29, 0.717) is 0 Å². The first-order valence-electron chi connectivity index (χ1n) is 8.06. The molecule has 1 unspecified atom stereocenters. The minimum atomic E-state index is -2.65. The zero-order valence-electron chi connectivity index (χ0n) is 14.8. The molecule has 2 heteroatoms. The van der Waals surface area contributed by atoms with Crippen LogP contribution in [0.3, 0.4) is 0 Å². The van der Waals surface area contributed by atoms with Crippen molar-refractivity contribution in [2.45, 2.75) is 63.4 Å². The van der Waals surface area contributed by atoms with Gasteiger partial charge in [-0.25, -0.2) is 0 Å². The number of benzene rings is 1. The van der Waals surface area contributed by atoms with Crippen LogP contribution in [0.2, 0.25) is 0 Å². The molecular formula is C20H29OP. The van der Waals surface area contributed by atoms with Gasteiger partial charge in [0.1, 0.15) is 7.14 Å². The fourth-order valence-corrected chi connectivity index (χ4v) is 9.75. The third kappa shape index (κ3) is 2.44. The van der Waals surface area contributed by atoms with Crippen LogP contribution in [0.1, 0.15) is 53.5 Å². The topological polar surface area (TPSA) is 17.1 Å². The maximum atomic E-state index is 14.6. The van der Waals surface area contributed by atoms with Crippen molar-refractivity contribution in [2.75, 3.05) is 0 Å². The molecule has 1 atom stereocenters. The second-order valence-corrected chi connectivity index (χ2v) is 12.9. The summed E-state index contributed by atoms with van der Waals surface area (Å²) in [7, 11) is -2.65. The van der Waals surface area contributed by atoms with Gasteiger partial charge in [0, 0.05) is 10.3 Å². The summed E-state index contributed by atoms with van der Waals surface area (Å²) in [6.45, 7) is 12.8. The largest absolute Gasteiger partial charge is 0.321 e. The van der Waals surface area contributed by atoms with Gasteiger partial charge in [0.15, 0.2) is 0 Å². The Balaban J connectivity index is 2.82. The second-order valence-electron chi connectivity index (χ2n) is 8.23. The molecule has 0 bridgehead atoms. The van der Waals surface area contributed by atoms with Gasteiger partial charge >= 0.3 is 0 Å². The van der Waals surface area contributed by atoms with Crippen LogP contribution in [0.4, 0.5) is 0 Å². The van der Waals surface area contributed by atoms with E-state index in [1.165, 1.54) is 5.56 Å². The van der Waals surface area contributed by atoms with Gasteiger partial charge in [-0.15, -0.1) is 0 Å². The van der Waals surface area contributed by atoms with E-state index in [-0.39, 0.29) is 10.3 Å². The quantitative estimate of drug-likeness (QED) is 0.580. The molecule has 2 rings (SSSR count). The molecule has 0 heterocycles. The molecule has 1 nitrogen and oxygen atoms in total. The van der Waals surface area contributed by atoms with Crippen LogP contribution in [-0.2, 0) is 9.72 Å². The third-order valence-electron chi connectivity index (χ3n) is 4.77. The molecule has 1 aromatic carbocycles. The Hall–Kier alpha value is -1.07. The van der Waals surface area contributed by atoms with E-state index in [0.717, 1.165) is 6.42 Å². The minimum Gasteiger partial charge on any atom is -0.321 e. The summed E-state index contributed by atoms with van der Waals surface area (Å²) in [5, 5.41) is -0.952. The van der Waals surface area contributed by atoms with E-state index in [1.54, 1.807) is 0 Å². The molecule has 0 saturated heterocycles. The Morgan fingerprint density at radius 1 is 0.909 bits per heavy atom. The first kappa shape index (κ1) is 17.3. The first-order valence-corrected chi connectivity index (χ1v) is 9.77. The van der Waals surface area contributed by atoms with Crippen LogP contribution in [0.5, 0.6) is 0 Å². The van der Waals surface area contributed by atoms with Crippen molar-refractivity contribution < 1.29 is 4.57 Å². The summed E-state index contributed by atoms with van der Waals surface area (Å²) < 4.78 is 14.6. The average molecular weight is 316 g/mol. The van der Waals surface area contributed by atoms with Crippen molar-refractivity contribution in [2.24, 2.45) is 0 Å². The van der Waals surface area contributed by atoms with Gasteiger partial charge in [-0.2, -0.15) is 0 Å². The second kappa shape index (κ2) is 5.53. The van der Waals surface area contributed by atoms with Gasteiger partial charge in [0.25, 0.3) is 0 Å². The lowest BCUT2D eigenvalue weighted by Gasteiger charge is -2.52. The van der Waals surface area contributed by atoms with Crippen molar-refractivity contribution in [3.05, 3.63) is 60.2 Å². The molecule has 1 aromatic rings. The normalized spacial score (nSPS) is 22.8. The molecule has 0 aliphatic heterocycles. The molecule has 1 aliphatic carbocycles. The zero-order chi connectivity index (χ0) is 16.6. The van der Waals surface area contributed by atoms with E-state index in [1.807, 2.05) is 6.07 Å². The standard InChI is InChI=1S/C20H29OP/c1-18(2,3)22(21,19(4,5)6)20(15-11-8-12-16-20)17-13-9-7-10-14-17/h7-15H,16H2,1-6H3. The summed E-state index contributed by atoms with van der Waals surface area (Å²) in [5.74, 6) is 0. The van der Waals surface area contributed by atoms with Crippen LogP contribution >= 0.6 is 7.14 Å². The van der Waals surface area contributed by atoms with Crippen molar-refractivity contribution in [1.82, 2.24) is 0 Å². The monoisotopic (exact) mass is 316 g/mol. The van der Waals surface area contributed by atoms with Crippen LogP contribution in [0, 0.1) is 0 Å². The Kier molecular flexibility index (Phi) is 4.35. The molecule has 0 aromatic heterocycles. The summed E-state index contributed by atoms with van der Waals surface area (Å²) in [6, 6.07) is 10.4. The Morgan fingerprint density at radius 2 is 1.45 bits per heavy atom. The molecule has 1 aliphatic rings. The van der Waals surface area contributed by atoms with Crippen LogP contribution in [0.15, 0.2) is 54.6 Å². The smallest absolute Gasteiger partial charge is 0.112 e.